The molecule has 1 atom stereocenters. The number of sulfonamides is 1. The summed E-state index contributed by atoms with van der Waals surface area (Å²) >= 11 is 1.35. The molecule has 0 radical (unpaired) electrons. The Morgan fingerprint density at radius 3 is 2.44 bits per heavy atom. The number of alkyl halides is 3. The number of thioether (sulfide) groups is 1. The third kappa shape index (κ3) is 6.90. The van der Waals surface area contributed by atoms with E-state index < -0.39 is 33.7 Å². The molecule has 1 aliphatic heterocycles. The van der Waals surface area contributed by atoms with Gasteiger partial charge in [0.2, 0.25) is 11.0 Å². The molecule has 13 heteroatoms. The second kappa shape index (κ2) is 12.7. The number of nitrogens with zero attached hydrogens (tertiary/aromatic N) is 3. The Balaban J connectivity index is 1.21. The summed E-state index contributed by atoms with van der Waals surface area (Å²) in [5, 5.41) is 3.61. The minimum atomic E-state index is -4.47. The van der Waals surface area contributed by atoms with E-state index in [4.69, 9.17) is 4.42 Å². The standard InChI is InChI=1S/C32H27F3N4O4S2/c33-32(34,35)24-14-12-22(13-15-24)26-18-25(37-31(38-26)44-20-21-7-2-1-3-8-21)19-36-30(40)27-10-6-16-39(27)45(41,42)29-17-23-9-4-5-11-28(23)43-29/h1-5,7-9,11-15,17-18,27H,6,10,16,19-20H2,(H,36,40)/t27-/m0/s1. The van der Waals surface area contributed by atoms with E-state index in [1.807, 2.05) is 30.3 Å². The number of furan rings is 1. The molecule has 1 saturated heterocycles. The van der Waals surface area contributed by atoms with Crippen LogP contribution in [0.3, 0.4) is 0 Å². The number of carbonyl (C=O) groups excluding carboxylic acids is 1. The molecule has 0 bridgehead atoms. The van der Waals surface area contributed by atoms with E-state index in [2.05, 4.69) is 15.3 Å². The van der Waals surface area contributed by atoms with Crippen molar-refractivity contribution in [2.24, 2.45) is 0 Å². The zero-order valence-electron chi connectivity index (χ0n) is 23.7. The van der Waals surface area contributed by atoms with Gasteiger partial charge in [-0.15, -0.1) is 0 Å². The van der Waals surface area contributed by atoms with Crippen molar-refractivity contribution >= 4 is 38.7 Å². The Hall–Kier alpha value is -4.20. The minimum Gasteiger partial charge on any atom is -0.443 e. The molecule has 1 N–H and O–H groups in total. The smallest absolute Gasteiger partial charge is 0.416 e. The summed E-state index contributed by atoms with van der Waals surface area (Å²) in [6, 6.07) is 23.4. The number of nitrogens with one attached hydrogen (secondary N) is 1. The Kier molecular flexibility index (Phi) is 8.67. The topological polar surface area (TPSA) is 105 Å². The predicted octanol–water partition coefficient (Wildman–Crippen LogP) is 6.67. The van der Waals surface area contributed by atoms with Crippen molar-refractivity contribution in [3.8, 4) is 11.3 Å². The molecular weight excluding hydrogens is 626 g/mol. The molecular formula is C32H27F3N4O4S2. The van der Waals surface area contributed by atoms with Crippen LogP contribution in [-0.2, 0) is 33.3 Å². The van der Waals surface area contributed by atoms with Gasteiger partial charge >= 0.3 is 6.18 Å². The lowest BCUT2D eigenvalue weighted by molar-refractivity contribution is -0.137. The molecule has 3 aromatic carbocycles. The quantitative estimate of drug-likeness (QED) is 0.140. The van der Waals surface area contributed by atoms with Gasteiger partial charge in [0.05, 0.1) is 23.5 Å². The van der Waals surface area contributed by atoms with Gasteiger partial charge in [-0.1, -0.05) is 72.4 Å². The molecule has 8 nitrogen and oxygen atoms in total. The van der Waals surface area contributed by atoms with Crippen molar-refractivity contribution in [2.45, 2.75) is 47.6 Å². The average molecular weight is 653 g/mol. The highest BCUT2D eigenvalue weighted by atomic mass is 32.2. The zero-order chi connectivity index (χ0) is 31.6. The van der Waals surface area contributed by atoms with E-state index in [-0.39, 0.29) is 18.2 Å². The second-order valence-electron chi connectivity index (χ2n) is 10.5. The number of amides is 1. The predicted molar refractivity (Wildman–Crippen MR) is 163 cm³/mol. The Labute approximate surface area is 261 Å². The number of carbonyl (C=O) groups is 1. The van der Waals surface area contributed by atoms with E-state index in [1.54, 1.807) is 30.3 Å². The number of rotatable bonds is 9. The van der Waals surface area contributed by atoms with Crippen molar-refractivity contribution in [1.82, 2.24) is 19.6 Å². The highest BCUT2D eigenvalue weighted by Crippen LogP contribution is 2.32. The Bertz CT molecular complexity index is 1900. The third-order valence-corrected chi connectivity index (χ3v) is 10.1. The number of benzene rings is 3. The molecule has 45 heavy (non-hydrogen) atoms. The Morgan fingerprint density at radius 1 is 0.978 bits per heavy atom. The molecule has 3 heterocycles. The van der Waals surface area contributed by atoms with Gasteiger partial charge in [0.1, 0.15) is 11.6 Å². The molecule has 1 aliphatic rings. The zero-order valence-corrected chi connectivity index (χ0v) is 25.3. The van der Waals surface area contributed by atoms with Crippen LogP contribution in [-0.4, -0.2) is 41.2 Å². The summed E-state index contributed by atoms with van der Waals surface area (Å²) in [7, 11) is -4.08. The highest BCUT2D eigenvalue weighted by molar-refractivity contribution is 7.98. The molecule has 1 fully saturated rings. The van der Waals surface area contributed by atoms with E-state index in [0.717, 1.165) is 22.0 Å². The van der Waals surface area contributed by atoms with Crippen LogP contribution in [0.4, 0.5) is 13.2 Å². The lowest BCUT2D eigenvalue weighted by Gasteiger charge is -2.22. The van der Waals surface area contributed by atoms with Crippen LogP contribution in [0.1, 0.15) is 29.7 Å². The van der Waals surface area contributed by atoms with Crippen LogP contribution in [0.25, 0.3) is 22.2 Å². The Morgan fingerprint density at radius 2 is 1.71 bits per heavy atom. The summed E-state index contributed by atoms with van der Waals surface area (Å²) in [4.78, 5) is 22.5. The second-order valence-corrected chi connectivity index (χ2v) is 13.2. The first-order chi connectivity index (χ1) is 21.6. The first kappa shape index (κ1) is 30.8. The van der Waals surface area contributed by atoms with Gasteiger partial charge in [-0.25, -0.2) is 18.4 Å². The maximum atomic E-state index is 13.5. The highest BCUT2D eigenvalue weighted by Gasteiger charge is 2.41. The summed E-state index contributed by atoms with van der Waals surface area (Å²) in [6.45, 7) is 0.131. The van der Waals surface area contributed by atoms with Crippen molar-refractivity contribution in [3.05, 3.63) is 108 Å². The molecule has 6 rings (SSSR count). The molecule has 0 aliphatic carbocycles. The summed E-state index contributed by atoms with van der Waals surface area (Å²) in [5.74, 6) is 0.0696. The first-order valence-corrected chi connectivity index (χ1v) is 16.5. The largest absolute Gasteiger partial charge is 0.443 e. The minimum absolute atomic E-state index is 0.0388. The lowest BCUT2D eigenvalue weighted by atomic mass is 10.1. The van der Waals surface area contributed by atoms with E-state index >= 15 is 0 Å². The summed E-state index contributed by atoms with van der Waals surface area (Å²) < 4.78 is 73.2. The number of hydrogen-bond donors (Lipinski definition) is 1. The van der Waals surface area contributed by atoms with Crippen LogP contribution in [0, 0.1) is 0 Å². The van der Waals surface area contributed by atoms with Gasteiger partial charge in [-0.2, -0.15) is 17.5 Å². The fraction of sp³-hybridized carbons (Fsp3) is 0.219. The molecule has 5 aromatic rings. The maximum absolute atomic E-state index is 13.5. The summed E-state index contributed by atoms with van der Waals surface area (Å²) in [6.07, 6.45) is -3.63. The number of halogens is 3. The first-order valence-electron chi connectivity index (χ1n) is 14.1. The molecule has 2 aromatic heterocycles. The average Bonchev–Trinajstić information content (AvgIpc) is 3.72. The normalized spacial score (nSPS) is 15.8. The fourth-order valence-corrected chi connectivity index (χ4v) is 7.55. The number of aromatic nitrogens is 2. The number of fused-ring (bicyclic) bond motifs is 1. The van der Waals surface area contributed by atoms with Crippen molar-refractivity contribution < 1.29 is 30.8 Å². The van der Waals surface area contributed by atoms with Gasteiger partial charge in [0.15, 0.2) is 5.16 Å². The molecule has 0 spiro atoms. The molecule has 1 amide bonds. The molecule has 0 unspecified atom stereocenters. The van der Waals surface area contributed by atoms with Gasteiger partial charge in [-0.3, -0.25) is 4.79 Å². The van der Waals surface area contributed by atoms with Gasteiger partial charge in [-0.05, 0) is 42.7 Å². The molecule has 0 saturated carbocycles. The molecule has 232 valence electrons. The van der Waals surface area contributed by atoms with E-state index in [0.29, 0.717) is 51.7 Å². The van der Waals surface area contributed by atoms with Crippen LogP contribution in [0.5, 0.6) is 0 Å². The van der Waals surface area contributed by atoms with E-state index in [9.17, 15) is 26.4 Å². The van der Waals surface area contributed by atoms with Gasteiger partial charge in [0, 0.05) is 29.3 Å². The van der Waals surface area contributed by atoms with Crippen molar-refractivity contribution in [3.63, 3.8) is 0 Å². The SMILES string of the molecule is O=C(NCc1cc(-c2ccc(C(F)(F)F)cc2)nc(SCc2ccccc2)n1)[C@@H]1CCCN1S(=O)(=O)c1cc2ccccc2o1. The van der Waals surface area contributed by atoms with Crippen LogP contribution in [0.15, 0.2) is 106 Å². The van der Waals surface area contributed by atoms with Crippen LogP contribution >= 0.6 is 11.8 Å². The maximum Gasteiger partial charge on any atom is 0.416 e. The monoisotopic (exact) mass is 652 g/mol. The lowest BCUT2D eigenvalue weighted by Crippen LogP contribution is -2.45. The van der Waals surface area contributed by atoms with Gasteiger partial charge < -0.3 is 9.73 Å². The van der Waals surface area contributed by atoms with E-state index in [1.165, 1.54) is 30.0 Å². The number of hydrogen-bond acceptors (Lipinski definition) is 7. The summed E-state index contributed by atoms with van der Waals surface area (Å²) in [5.41, 5.74) is 1.98. The number of para-hydroxylation sites is 1. The third-order valence-electron chi connectivity index (χ3n) is 7.39. The van der Waals surface area contributed by atoms with Crippen molar-refractivity contribution in [1.29, 1.82) is 0 Å². The van der Waals surface area contributed by atoms with Crippen LogP contribution < -0.4 is 5.32 Å². The van der Waals surface area contributed by atoms with Crippen molar-refractivity contribution in [2.75, 3.05) is 6.54 Å². The van der Waals surface area contributed by atoms with Gasteiger partial charge in [0.25, 0.3) is 10.0 Å². The fourth-order valence-electron chi connectivity index (χ4n) is 5.11. The van der Waals surface area contributed by atoms with Crippen LogP contribution in [0.2, 0.25) is 0 Å².